The van der Waals surface area contributed by atoms with Gasteiger partial charge in [0.25, 0.3) is 0 Å². The fourth-order valence-corrected chi connectivity index (χ4v) is 3.33. The van der Waals surface area contributed by atoms with Crippen LogP contribution >= 0.6 is 0 Å². The Balaban J connectivity index is 1.53. The minimum Gasteiger partial charge on any atom is -0.497 e. The lowest BCUT2D eigenvalue weighted by molar-refractivity contribution is -0.136. The lowest BCUT2D eigenvalue weighted by Crippen LogP contribution is -2.18. The quantitative estimate of drug-likeness (QED) is 0.288. The van der Waals surface area contributed by atoms with E-state index in [0.29, 0.717) is 30.3 Å². The molecule has 2 N–H and O–H groups in total. The van der Waals surface area contributed by atoms with Crippen molar-refractivity contribution in [2.24, 2.45) is 0 Å². The molecule has 0 fully saturated rings. The van der Waals surface area contributed by atoms with Gasteiger partial charge in [0.15, 0.2) is 0 Å². The van der Waals surface area contributed by atoms with Gasteiger partial charge in [-0.2, -0.15) is 0 Å². The standard InChI is InChI=1S/C27H29NO5/c1-3-7-26(23-12-10-22(11-13-23)21-8-5-4-6-9-21)28-33-15-14-32-25-17-20(18-27(29)30)16-24(19-25)31-2/h4-13,16-17,19,28H,3,14-15,18H2,1-2H3,(H,29,30). The fourth-order valence-electron chi connectivity index (χ4n) is 3.33. The summed E-state index contributed by atoms with van der Waals surface area (Å²) in [5.41, 5.74) is 7.89. The van der Waals surface area contributed by atoms with Gasteiger partial charge in [-0.25, -0.2) is 0 Å². The molecule has 0 atom stereocenters. The Kier molecular flexibility index (Phi) is 8.91. The highest BCUT2D eigenvalue weighted by Gasteiger charge is 2.07. The first-order valence-corrected chi connectivity index (χ1v) is 10.9. The van der Waals surface area contributed by atoms with Crippen molar-refractivity contribution >= 4 is 11.7 Å². The van der Waals surface area contributed by atoms with E-state index in [9.17, 15) is 4.79 Å². The number of carbonyl (C=O) groups is 1. The molecule has 0 spiro atoms. The van der Waals surface area contributed by atoms with Crippen molar-refractivity contribution in [2.45, 2.75) is 19.8 Å². The number of benzene rings is 3. The zero-order valence-corrected chi connectivity index (χ0v) is 18.9. The number of hydroxylamine groups is 1. The summed E-state index contributed by atoms with van der Waals surface area (Å²) in [4.78, 5) is 16.6. The van der Waals surface area contributed by atoms with Crippen LogP contribution in [0.4, 0.5) is 0 Å². The van der Waals surface area contributed by atoms with Crippen LogP contribution in [0.25, 0.3) is 16.8 Å². The van der Waals surface area contributed by atoms with Crippen LogP contribution in [0.3, 0.4) is 0 Å². The molecule has 0 aliphatic heterocycles. The van der Waals surface area contributed by atoms with Crippen LogP contribution in [0, 0.1) is 0 Å². The van der Waals surface area contributed by atoms with Crippen LogP contribution in [0.5, 0.6) is 11.5 Å². The lowest BCUT2D eigenvalue weighted by Gasteiger charge is -2.13. The zero-order chi connectivity index (χ0) is 23.5. The van der Waals surface area contributed by atoms with E-state index in [4.69, 9.17) is 19.4 Å². The van der Waals surface area contributed by atoms with Gasteiger partial charge in [0.2, 0.25) is 0 Å². The molecule has 0 saturated heterocycles. The number of nitrogens with one attached hydrogen (secondary N) is 1. The molecule has 3 rings (SSSR count). The van der Waals surface area contributed by atoms with E-state index in [1.807, 2.05) is 18.2 Å². The summed E-state index contributed by atoms with van der Waals surface area (Å²) in [5, 5.41) is 9.02. The molecule has 6 heteroatoms. The molecule has 0 saturated carbocycles. The molecular weight excluding hydrogens is 418 g/mol. The predicted molar refractivity (Wildman–Crippen MR) is 129 cm³/mol. The average molecular weight is 448 g/mol. The minimum absolute atomic E-state index is 0.0974. The Morgan fingerprint density at radius 3 is 2.30 bits per heavy atom. The second kappa shape index (κ2) is 12.3. The third-order valence-electron chi connectivity index (χ3n) is 4.88. The van der Waals surface area contributed by atoms with Gasteiger partial charge in [0, 0.05) is 6.07 Å². The average Bonchev–Trinajstić information content (AvgIpc) is 2.83. The molecule has 0 radical (unpaired) electrons. The topological polar surface area (TPSA) is 77.0 Å². The van der Waals surface area contributed by atoms with Crippen molar-refractivity contribution in [3.8, 4) is 22.6 Å². The van der Waals surface area contributed by atoms with Crippen molar-refractivity contribution in [1.82, 2.24) is 5.48 Å². The fraction of sp³-hybridized carbons (Fsp3) is 0.222. The Bertz CT molecular complexity index is 1060. The number of ether oxygens (including phenoxy) is 2. The maximum Gasteiger partial charge on any atom is 0.307 e. The second-order valence-electron chi connectivity index (χ2n) is 7.36. The Labute approximate surface area is 194 Å². The number of hydrogen-bond acceptors (Lipinski definition) is 5. The van der Waals surface area contributed by atoms with Gasteiger partial charge >= 0.3 is 5.97 Å². The number of rotatable bonds is 12. The van der Waals surface area contributed by atoms with Crippen molar-refractivity contribution in [3.63, 3.8) is 0 Å². The van der Waals surface area contributed by atoms with Gasteiger partial charge in [-0.3, -0.25) is 15.1 Å². The summed E-state index contributed by atoms with van der Waals surface area (Å²) in [5.74, 6) is 0.179. The second-order valence-corrected chi connectivity index (χ2v) is 7.36. The van der Waals surface area contributed by atoms with Crippen LogP contribution in [0.1, 0.15) is 24.5 Å². The molecule has 0 bridgehead atoms. The van der Waals surface area contributed by atoms with E-state index in [1.54, 1.807) is 18.2 Å². The van der Waals surface area contributed by atoms with Crippen LogP contribution in [-0.4, -0.2) is 31.4 Å². The maximum atomic E-state index is 11.0. The van der Waals surface area contributed by atoms with Gasteiger partial charge in [-0.15, -0.1) is 0 Å². The largest absolute Gasteiger partial charge is 0.497 e. The summed E-state index contributed by atoms with van der Waals surface area (Å²) in [6.07, 6.45) is 2.83. The van der Waals surface area contributed by atoms with Crippen LogP contribution < -0.4 is 15.0 Å². The number of carboxylic acid groups (broad SMARTS) is 1. The van der Waals surface area contributed by atoms with E-state index in [0.717, 1.165) is 23.2 Å². The van der Waals surface area contributed by atoms with E-state index in [-0.39, 0.29) is 6.42 Å². The zero-order valence-electron chi connectivity index (χ0n) is 18.9. The number of hydrogen-bond donors (Lipinski definition) is 2. The van der Waals surface area contributed by atoms with Crippen LogP contribution in [0.2, 0.25) is 0 Å². The van der Waals surface area contributed by atoms with Crippen molar-refractivity contribution in [3.05, 3.63) is 90.0 Å². The van der Waals surface area contributed by atoms with Crippen LogP contribution in [-0.2, 0) is 16.1 Å². The van der Waals surface area contributed by atoms with Gasteiger partial charge in [0.05, 0.1) is 19.2 Å². The smallest absolute Gasteiger partial charge is 0.307 e. The predicted octanol–water partition coefficient (Wildman–Crippen LogP) is 5.34. The van der Waals surface area contributed by atoms with E-state index in [2.05, 4.69) is 54.9 Å². The van der Waals surface area contributed by atoms with Gasteiger partial charge < -0.3 is 14.6 Å². The summed E-state index contributed by atoms with van der Waals surface area (Å²) in [7, 11) is 1.53. The molecule has 0 aliphatic carbocycles. The van der Waals surface area contributed by atoms with E-state index < -0.39 is 5.97 Å². The first kappa shape index (κ1) is 23.9. The first-order valence-electron chi connectivity index (χ1n) is 10.9. The highest BCUT2D eigenvalue weighted by Crippen LogP contribution is 2.24. The van der Waals surface area contributed by atoms with E-state index in [1.165, 1.54) is 12.7 Å². The summed E-state index contributed by atoms with van der Waals surface area (Å²) in [6.45, 7) is 2.66. The van der Waals surface area contributed by atoms with Gasteiger partial charge in [0.1, 0.15) is 24.7 Å². The number of aliphatic carboxylic acids is 1. The molecule has 0 unspecified atom stereocenters. The maximum absolute atomic E-state index is 11.0. The number of carboxylic acids is 1. The summed E-state index contributed by atoms with van der Waals surface area (Å²) >= 11 is 0. The Morgan fingerprint density at radius 1 is 0.939 bits per heavy atom. The normalized spacial score (nSPS) is 11.2. The number of methoxy groups -OCH3 is 1. The monoisotopic (exact) mass is 447 g/mol. The molecule has 0 heterocycles. The molecule has 172 valence electrons. The van der Waals surface area contributed by atoms with Crippen molar-refractivity contribution in [1.29, 1.82) is 0 Å². The van der Waals surface area contributed by atoms with Crippen molar-refractivity contribution in [2.75, 3.05) is 20.3 Å². The third kappa shape index (κ3) is 7.40. The molecule has 33 heavy (non-hydrogen) atoms. The first-order chi connectivity index (χ1) is 16.1. The van der Waals surface area contributed by atoms with Crippen LogP contribution in [0.15, 0.2) is 78.9 Å². The summed E-state index contributed by atoms with van der Waals surface area (Å²) in [6, 6.07) is 23.7. The number of allylic oxidation sites excluding steroid dienone is 1. The van der Waals surface area contributed by atoms with Gasteiger partial charge in [-0.1, -0.05) is 67.6 Å². The molecule has 3 aromatic rings. The van der Waals surface area contributed by atoms with E-state index >= 15 is 0 Å². The molecular formula is C27H29NO5. The summed E-state index contributed by atoms with van der Waals surface area (Å²) < 4.78 is 11.0. The lowest BCUT2D eigenvalue weighted by atomic mass is 10.0. The highest BCUT2D eigenvalue weighted by atomic mass is 16.7. The molecule has 0 amide bonds. The molecule has 6 nitrogen and oxygen atoms in total. The third-order valence-corrected chi connectivity index (χ3v) is 4.88. The Morgan fingerprint density at radius 2 is 1.64 bits per heavy atom. The van der Waals surface area contributed by atoms with Crippen molar-refractivity contribution < 1.29 is 24.2 Å². The van der Waals surface area contributed by atoms with Gasteiger partial charge in [-0.05, 0) is 40.8 Å². The molecule has 3 aromatic carbocycles. The SMILES string of the molecule is CCC=C(NOCCOc1cc(CC(=O)O)cc(OC)c1)c1ccc(-c2ccccc2)cc1. The molecule has 0 aromatic heterocycles. The Hall–Kier alpha value is -3.77. The highest BCUT2D eigenvalue weighted by molar-refractivity contribution is 5.71. The molecule has 0 aliphatic rings. The minimum atomic E-state index is -0.909.